The number of nitrogens with one attached hydrogen (secondary N) is 2. The number of pyridine rings is 1. The van der Waals surface area contributed by atoms with Gasteiger partial charge in [-0.05, 0) is 18.6 Å². The van der Waals surface area contributed by atoms with Gasteiger partial charge in [-0.15, -0.1) is 0 Å². The van der Waals surface area contributed by atoms with Crippen molar-refractivity contribution in [3.8, 4) is 0 Å². The van der Waals surface area contributed by atoms with Gasteiger partial charge in [0.1, 0.15) is 0 Å². The maximum Gasteiger partial charge on any atom is 0.321 e. The van der Waals surface area contributed by atoms with Crippen LogP contribution in [0.5, 0.6) is 0 Å². The average Bonchev–Trinajstić information content (AvgIpc) is 2.98. The van der Waals surface area contributed by atoms with Crippen LogP contribution in [0.15, 0.2) is 30.5 Å². The van der Waals surface area contributed by atoms with E-state index in [9.17, 15) is 14.7 Å². The molecule has 0 aliphatic carbocycles. The highest BCUT2D eigenvalue weighted by atomic mass is 16.3. The molecule has 7 heteroatoms. The molecule has 3 amide bonds. The number of aliphatic hydroxyl groups excluding tert-OH is 1. The summed E-state index contributed by atoms with van der Waals surface area (Å²) in [5.41, 5.74) is 2.40. The van der Waals surface area contributed by atoms with E-state index < -0.39 is 6.10 Å². The van der Waals surface area contributed by atoms with Crippen molar-refractivity contribution in [3.63, 3.8) is 0 Å². The molecule has 2 atom stereocenters. The molecule has 1 aromatic heterocycles. The van der Waals surface area contributed by atoms with E-state index in [1.165, 1.54) is 0 Å². The first-order valence-electron chi connectivity index (χ1n) is 8.28. The maximum absolute atomic E-state index is 12.6. The van der Waals surface area contributed by atoms with Crippen molar-refractivity contribution in [2.24, 2.45) is 5.92 Å². The molecule has 1 aliphatic rings. The summed E-state index contributed by atoms with van der Waals surface area (Å²) in [5, 5.41) is 16.5. The Bertz CT molecular complexity index is 808. The number of benzene rings is 1. The van der Waals surface area contributed by atoms with E-state index >= 15 is 0 Å². The van der Waals surface area contributed by atoms with Gasteiger partial charge in [-0.3, -0.25) is 9.78 Å². The summed E-state index contributed by atoms with van der Waals surface area (Å²) in [6.45, 7) is 2.46. The molecule has 0 saturated carbocycles. The molecule has 0 radical (unpaired) electrons. The third-order valence-electron chi connectivity index (χ3n) is 4.62. The minimum absolute atomic E-state index is 0.137. The Morgan fingerprint density at radius 3 is 2.84 bits per heavy atom. The molecule has 2 heterocycles. The second-order valence-corrected chi connectivity index (χ2v) is 6.37. The molecule has 3 rings (SSSR count). The minimum atomic E-state index is -0.696. The number of amides is 3. The number of aryl methyl sites for hydroxylation is 1. The van der Waals surface area contributed by atoms with Gasteiger partial charge in [0.2, 0.25) is 5.91 Å². The lowest BCUT2D eigenvalue weighted by atomic mass is 10.0. The molecule has 0 spiro atoms. The van der Waals surface area contributed by atoms with Crippen LogP contribution in [0.2, 0.25) is 0 Å². The number of nitrogens with zero attached hydrogens (tertiary/aromatic N) is 2. The Labute approximate surface area is 146 Å². The van der Waals surface area contributed by atoms with Crippen LogP contribution in [-0.4, -0.2) is 53.2 Å². The number of fused-ring (bicyclic) bond motifs is 1. The fourth-order valence-electron chi connectivity index (χ4n) is 3.15. The number of carbonyl (C=O) groups is 2. The molecule has 1 fully saturated rings. The molecule has 1 aliphatic heterocycles. The highest BCUT2D eigenvalue weighted by Crippen LogP contribution is 2.27. The van der Waals surface area contributed by atoms with Crippen LogP contribution in [0.25, 0.3) is 10.9 Å². The van der Waals surface area contributed by atoms with Gasteiger partial charge >= 0.3 is 6.03 Å². The fraction of sp³-hybridized carbons (Fsp3) is 0.389. The molecular weight excluding hydrogens is 320 g/mol. The fourth-order valence-corrected chi connectivity index (χ4v) is 3.15. The van der Waals surface area contributed by atoms with Gasteiger partial charge < -0.3 is 20.6 Å². The maximum atomic E-state index is 12.6. The first kappa shape index (κ1) is 17.2. The van der Waals surface area contributed by atoms with Crippen molar-refractivity contribution in [2.75, 3.05) is 25.5 Å². The first-order valence-corrected chi connectivity index (χ1v) is 8.28. The lowest BCUT2D eigenvalue weighted by Gasteiger charge is -2.19. The lowest BCUT2D eigenvalue weighted by Crippen LogP contribution is -2.34. The zero-order valence-corrected chi connectivity index (χ0v) is 14.3. The van der Waals surface area contributed by atoms with Crippen LogP contribution in [0.4, 0.5) is 10.5 Å². The largest absolute Gasteiger partial charge is 0.391 e. The summed E-state index contributed by atoms with van der Waals surface area (Å²) in [4.78, 5) is 30.1. The number of urea groups is 1. The van der Waals surface area contributed by atoms with Gasteiger partial charge in [0.15, 0.2) is 0 Å². The average molecular weight is 342 g/mol. The predicted molar refractivity (Wildman–Crippen MR) is 95.3 cm³/mol. The number of hydrogen-bond donors (Lipinski definition) is 3. The zero-order chi connectivity index (χ0) is 18.0. The van der Waals surface area contributed by atoms with E-state index in [4.69, 9.17) is 0 Å². The SMILES string of the molecule is CNC(=O)C[C@@H]1CN(C(=O)Nc2c(C)cnc3ccccc23)C[C@H]1O. The molecule has 0 unspecified atom stereocenters. The number of rotatable bonds is 3. The Kier molecular flexibility index (Phi) is 4.85. The van der Waals surface area contributed by atoms with Gasteiger partial charge in [0, 0.05) is 44.1 Å². The second-order valence-electron chi connectivity index (χ2n) is 6.37. The number of para-hydroxylation sites is 1. The molecular formula is C18H22N4O3. The van der Waals surface area contributed by atoms with Crippen molar-refractivity contribution in [3.05, 3.63) is 36.0 Å². The topological polar surface area (TPSA) is 94.6 Å². The van der Waals surface area contributed by atoms with E-state index in [1.54, 1.807) is 18.1 Å². The van der Waals surface area contributed by atoms with Crippen molar-refractivity contribution in [1.82, 2.24) is 15.2 Å². The smallest absolute Gasteiger partial charge is 0.321 e. The van der Waals surface area contributed by atoms with E-state index in [-0.39, 0.29) is 30.8 Å². The van der Waals surface area contributed by atoms with Gasteiger partial charge in [0.05, 0.1) is 17.3 Å². The molecule has 1 aromatic carbocycles. The van der Waals surface area contributed by atoms with E-state index in [1.807, 2.05) is 31.2 Å². The number of β-amino-alcohol motifs (C(OH)–C–C–N with tert-alkyl or cyclic N) is 1. The van der Waals surface area contributed by atoms with Crippen LogP contribution >= 0.6 is 0 Å². The number of aliphatic hydroxyl groups is 1. The lowest BCUT2D eigenvalue weighted by molar-refractivity contribution is -0.122. The summed E-state index contributed by atoms with van der Waals surface area (Å²) in [5.74, 6) is -0.386. The van der Waals surface area contributed by atoms with E-state index in [2.05, 4.69) is 15.6 Å². The third-order valence-corrected chi connectivity index (χ3v) is 4.62. The minimum Gasteiger partial charge on any atom is -0.391 e. The van der Waals surface area contributed by atoms with Gasteiger partial charge in [0.25, 0.3) is 0 Å². The zero-order valence-electron chi connectivity index (χ0n) is 14.3. The monoisotopic (exact) mass is 342 g/mol. The molecule has 0 bridgehead atoms. The van der Waals surface area contributed by atoms with Crippen molar-refractivity contribution < 1.29 is 14.7 Å². The normalized spacial score (nSPS) is 19.9. The first-order chi connectivity index (χ1) is 12.0. The van der Waals surface area contributed by atoms with E-state index in [0.717, 1.165) is 22.2 Å². The number of anilines is 1. The molecule has 1 saturated heterocycles. The van der Waals surface area contributed by atoms with Gasteiger partial charge in [-0.25, -0.2) is 4.79 Å². The number of carbonyl (C=O) groups excluding carboxylic acids is 2. The van der Waals surface area contributed by atoms with Crippen molar-refractivity contribution >= 4 is 28.5 Å². The number of hydrogen-bond acceptors (Lipinski definition) is 4. The summed E-state index contributed by atoms with van der Waals surface area (Å²) in [6, 6.07) is 7.33. The summed E-state index contributed by atoms with van der Waals surface area (Å²) in [6.07, 6.45) is 1.24. The van der Waals surface area contributed by atoms with Crippen LogP contribution in [-0.2, 0) is 4.79 Å². The van der Waals surface area contributed by atoms with Crippen molar-refractivity contribution in [2.45, 2.75) is 19.4 Å². The molecule has 132 valence electrons. The third kappa shape index (κ3) is 3.56. The Morgan fingerprint density at radius 1 is 1.32 bits per heavy atom. The second kappa shape index (κ2) is 7.06. The standard InChI is InChI=1S/C18H22N4O3/c1-11-8-20-14-6-4-3-5-13(14)17(11)21-18(25)22-9-12(15(23)10-22)7-16(24)19-2/h3-6,8,12,15,23H,7,9-10H2,1-2H3,(H,19,24)(H,20,21,25)/t12-,15-/m1/s1. The Morgan fingerprint density at radius 2 is 2.08 bits per heavy atom. The summed E-state index contributed by atoms with van der Waals surface area (Å²) < 4.78 is 0. The van der Waals surface area contributed by atoms with Gasteiger partial charge in [-0.2, -0.15) is 0 Å². The summed E-state index contributed by atoms with van der Waals surface area (Å²) >= 11 is 0. The summed E-state index contributed by atoms with van der Waals surface area (Å²) in [7, 11) is 1.56. The Balaban J connectivity index is 1.75. The molecule has 2 aromatic rings. The molecule has 3 N–H and O–H groups in total. The highest BCUT2D eigenvalue weighted by molar-refractivity contribution is 6.01. The molecule has 25 heavy (non-hydrogen) atoms. The predicted octanol–water partition coefficient (Wildman–Crippen LogP) is 1.50. The van der Waals surface area contributed by atoms with Crippen LogP contribution < -0.4 is 10.6 Å². The van der Waals surface area contributed by atoms with Crippen molar-refractivity contribution in [1.29, 1.82) is 0 Å². The van der Waals surface area contributed by atoms with Crippen LogP contribution in [0, 0.1) is 12.8 Å². The quantitative estimate of drug-likeness (QED) is 0.788. The number of aromatic nitrogens is 1. The highest BCUT2D eigenvalue weighted by Gasteiger charge is 2.35. The van der Waals surface area contributed by atoms with Crippen LogP contribution in [0.1, 0.15) is 12.0 Å². The van der Waals surface area contributed by atoms with E-state index in [0.29, 0.717) is 6.54 Å². The molecule has 7 nitrogen and oxygen atoms in total. The Hall–Kier alpha value is -2.67. The number of likely N-dealkylation sites (tertiary alicyclic amines) is 1. The van der Waals surface area contributed by atoms with Crippen LogP contribution in [0.3, 0.4) is 0 Å². The van der Waals surface area contributed by atoms with Gasteiger partial charge in [-0.1, -0.05) is 18.2 Å².